The average molecular weight is 296 g/mol. The van der Waals surface area contributed by atoms with Crippen molar-refractivity contribution in [2.75, 3.05) is 13.9 Å². The monoisotopic (exact) mass is 296 g/mol. The van der Waals surface area contributed by atoms with E-state index in [1.54, 1.807) is 7.11 Å². The maximum atomic E-state index is 9.38. The molecule has 2 aromatic carbocycles. The van der Waals surface area contributed by atoms with Crippen molar-refractivity contribution in [1.82, 2.24) is 5.32 Å². The van der Waals surface area contributed by atoms with Crippen LogP contribution in [0.3, 0.4) is 0 Å². The second kappa shape index (κ2) is 6.37. The Kier molecular flexibility index (Phi) is 4.12. The van der Waals surface area contributed by atoms with Crippen LogP contribution in [0.25, 0.3) is 0 Å². The van der Waals surface area contributed by atoms with Crippen molar-refractivity contribution in [3.05, 3.63) is 53.6 Å². The molecule has 0 fully saturated rings. The quantitative estimate of drug-likeness (QED) is 0.919. The van der Waals surface area contributed by atoms with Crippen LogP contribution in [0.5, 0.6) is 17.2 Å². The second-order valence-corrected chi connectivity index (χ2v) is 4.91. The Labute approximate surface area is 129 Å². The Balaban J connectivity index is 1.69. The number of fused-ring (bicyclic) bond motifs is 1. The molecule has 0 spiro atoms. The van der Waals surface area contributed by atoms with Crippen LogP contribution >= 0.6 is 0 Å². The molecule has 3 rings (SSSR count). The van der Waals surface area contributed by atoms with Crippen molar-refractivity contribution in [2.45, 2.75) is 12.6 Å². The minimum Gasteiger partial charge on any atom is -0.497 e. The van der Waals surface area contributed by atoms with Crippen LogP contribution < -0.4 is 19.5 Å². The summed E-state index contributed by atoms with van der Waals surface area (Å²) in [6.07, 6.45) is 0. The summed E-state index contributed by atoms with van der Waals surface area (Å²) in [5, 5.41) is 12.6. The predicted octanol–water partition coefficient (Wildman–Crippen LogP) is 2.78. The normalized spacial score (nSPS) is 13.5. The molecule has 0 radical (unpaired) electrons. The fourth-order valence-corrected chi connectivity index (χ4v) is 2.33. The highest BCUT2D eigenvalue weighted by Gasteiger charge is 2.15. The minimum absolute atomic E-state index is 0.261. The van der Waals surface area contributed by atoms with Gasteiger partial charge in [-0.3, -0.25) is 5.32 Å². The van der Waals surface area contributed by atoms with E-state index in [0.29, 0.717) is 6.54 Å². The molecular formula is C17H16N2O3. The Morgan fingerprint density at radius 1 is 1.23 bits per heavy atom. The molecule has 2 aromatic rings. The van der Waals surface area contributed by atoms with Crippen LogP contribution in [-0.2, 0) is 6.54 Å². The van der Waals surface area contributed by atoms with Gasteiger partial charge in [-0.25, -0.2) is 0 Å². The van der Waals surface area contributed by atoms with E-state index < -0.39 is 6.04 Å². The van der Waals surface area contributed by atoms with E-state index in [1.807, 2.05) is 42.5 Å². The minimum atomic E-state index is -0.402. The van der Waals surface area contributed by atoms with Crippen molar-refractivity contribution in [3.63, 3.8) is 0 Å². The van der Waals surface area contributed by atoms with Gasteiger partial charge in [0.1, 0.15) is 11.8 Å². The van der Waals surface area contributed by atoms with Crippen molar-refractivity contribution >= 4 is 0 Å². The predicted molar refractivity (Wildman–Crippen MR) is 80.8 cm³/mol. The molecule has 112 valence electrons. The third-order valence-electron chi connectivity index (χ3n) is 3.50. The van der Waals surface area contributed by atoms with Crippen LogP contribution in [-0.4, -0.2) is 13.9 Å². The highest BCUT2D eigenvalue weighted by molar-refractivity contribution is 5.44. The first-order valence-electron chi connectivity index (χ1n) is 6.95. The summed E-state index contributed by atoms with van der Waals surface area (Å²) >= 11 is 0. The van der Waals surface area contributed by atoms with E-state index in [9.17, 15) is 5.26 Å². The van der Waals surface area contributed by atoms with Crippen molar-refractivity contribution in [1.29, 1.82) is 5.26 Å². The van der Waals surface area contributed by atoms with Crippen LogP contribution in [0.4, 0.5) is 0 Å². The molecule has 5 heteroatoms. The summed E-state index contributed by atoms with van der Waals surface area (Å²) in [6.45, 7) is 0.822. The van der Waals surface area contributed by atoms with Gasteiger partial charge in [-0.2, -0.15) is 5.26 Å². The largest absolute Gasteiger partial charge is 0.497 e. The fraction of sp³-hybridized carbons (Fsp3) is 0.235. The number of ether oxygens (including phenoxy) is 3. The maximum absolute atomic E-state index is 9.38. The number of nitrogens with one attached hydrogen (secondary N) is 1. The average Bonchev–Trinajstić information content (AvgIpc) is 3.03. The summed E-state index contributed by atoms with van der Waals surface area (Å²) in [7, 11) is 1.61. The van der Waals surface area contributed by atoms with E-state index in [1.165, 1.54) is 0 Å². The molecule has 22 heavy (non-hydrogen) atoms. The van der Waals surface area contributed by atoms with Crippen molar-refractivity contribution in [3.8, 4) is 23.3 Å². The van der Waals surface area contributed by atoms with Crippen LogP contribution in [0.2, 0.25) is 0 Å². The highest BCUT2D eigenvalue weighted by atomic mass is 16.7. The lowest BCUT2D eigenvalue weighted by atomic mass is 10.1. The summed E-state index contributed by atoms with van der Waals surface area (Å²) < 4.78 is 15.8. The zero-order valence-corrected chi connectivity index (χ0v) is 12.2. The van der Waals surface area contributed by atoms with Crippen molar-refractivity contribution < 1.29 is 14.2 Å². The molecule has 0 amide bonds. The van der Waals surface area contributed by atoms with Gasteiger partial charge in [0.05, 0.1) is 13.2 Å². The summed E-state index contributed by atoms with van der Waals surface area (Å²) in [4.78, 5) is 0. The highest BCUT2D eigenvalue weighted by Crippen LogP contribution is 2.32. The first-order valence-corrected chi connectivity index (χ1v) is 6.95. The van der Waals surface area contributed by atoms with Crippen LogP contribution in [0.1, 0.15) is 17.2 Å². The van der Waals surface area contributed by atoms with Gasteiger partial charge < -0.3 is 14.2 Å². The molecule has 1 atom stereocenters. The molecular weight excluding hydrogens is 280 g/mol. The standard InChI is InChI=1S/C17H16N2O3/c1-20-14-4-2-3-13(8-14)15(9-18)19-10-12-5-6-16-17(7-12)22-11-21-16/h2-8,15,19H,10-11H2,1H3. The van der Waals surface area contributed by atoms with E-state index in [4.69, 9.17) is 14.2 Å². The Bertz CT molecular complexity index is 709. The topological polar surface area (TPSA) is 63.5 Å². The Morgan fingerprint density at radius 3 is 2.91 bits per heavy atom. The third kappa shape index (κ3) is 2.97. The molecule has 1 heterocycles. The van der Waals surface area contributed by atoms with E-state index >= 15 is 0 Å². The molecule has 1 aliphatic heterocycles. The second-order valence-electron chi connectivity index (χ2n) is 4.91. The van der Waals surface area contributed by atoms with Crippen molar-refractivity contribution in [2.24, 2.45) is 0 Å². The lowest BCUT2D eigenvalue weighted by Gasteiger charge is -2.13. The molecule has 5 nitrogen and oxygen atoms in total. The molecule has 1 unspecified atom stereocenters. The zero-order valence-electron chi connectivity index (χ0n) is 12.2. The number of nitriles is 1. The number of methoxy groups -OCH3 is 1. The SMILES string of the molecule is COc1cccc(C(C#N)NCc2ccc3c(c2)OCO3)c1. The fourth-order valence-electron chi connectivity index (χ4n) is 2.33. The van der Waals surface area contributed by atoms with Crippen LogP contribution in [0, 0.1) is 11.3 Å². The van der Waals surface area contributed by atoms with Gasteiger partial charge in [0.2, 0.25) is 6.79 Å². The van der Waals surface area contributed by atoms with E-state index in [-0.39, 0.29) is 6.79 Å². The number of hydrogen-bond donors (Lipinski definition) is 1. The molecule has 0 aliphatic carbocycles. The van der Waals surface area contributed by atoms with Gasteiger partial charge in [-0.05, 0) is 35.4 Å². The molecule has 0 saturated heterocycles. The zero-order chi connectivity index (χ0) is 15.4. The summed E-state index contributed by atoms with van der Waals surface area (Å²) in [5.41, 5.74) is 1.91. The van der Waals surface area contributed by atoms with Gasteiger partial charge in [-0.1, -0.05) is 18.2 Å². The smallest absolute Gasteiger partial charge is 0.231 e. The van der Waals surface area contributed by atoms with Gasteiger partial charge >= 0.3 is 0 Å². The number of hydrogen-bond acceptors (Lipinski definition) is 5. The number of nitrogens with zero attached hydrogens (tertiary/aromatic N) is 1. The lowest BCUT2D eigenvalue weighted by Crippen LogP contribution is -2.19. The van der Waals surface area contributed by atoms with E-state index in [0.717, 1.165) is 28.4 Å². The van der Waals surface area contributed by atoms with Crippen LogP contribution in [0.15, 0.2) is 42.5 Å². The molecule has 0 bridgehead atoms. The van der Waals surface area contributed by atoms with Gasteiger partial charge in [-0.15, -0.1) is 0 Å². The number of benzene rings is 2. The lowest BCUT2D eigenvalue weighted by molar-refractivity contribution is 0.174. The molecule has 0 aromatic heterocycles. The Morgan fingerprint density at radius 2 is 2.09 bits per heavy atom. The van der Waals surface area contributed by atoms with Gasteiger partial charge in [0, 0.05) is 6.54 Å². The first kappa shape index (κ1) is 14.2. The van der Waals surface area contributed by atoms with Gasteiger partial charge in [0.15, 0.2) is 11.5 Å². The summed E-state index contributed by atoms with van der Waals surface area (Å²) in [5.74, 6) is 2.24. The number of rotatable bonds is 5. The first-order chi connectivity index (χ1) is 10.8. The maximum Gasteiger partial charge on any atom is 0.231 e. The molecule has 1 N–H and O–H groups in total. The summed E-state index contributed by atoms with van der Waals surface area (Å²) in [6, 6.07) is 15.1. The molecule has 1 aliphatic rings. The Hall–Kier alpha value is -2.71. The molecule has 0 saturated carbocycles. The van der Waals surface area contributed by atoms with Gasteiger partial charge in [0.25, 0.3) is 0 Å². The third-order valence-corrected chi connectivity index (χ3v) is 3.50. The van der Waals surface area contributed by atoms with E-state index in [2.05, 4.69) is 11.4 Å².